The third kappa shape index (κ3) is 4.90. The van der Waals surface area contributed by atoms with Crippen LogP contribution in [0.25, 0.3) is 0 Å². The number of hydrogen-bond donors (Lipinski definition) is 0. The second-order valence-electron chi connectivity index (χ2n) is 4.02. The minimum atomic E-state index is -4.97. The monoisotopic (exact) mass is 377 g/mol. The molecule has 0 aliphatic carbocycles. The highest BCUT2D eigenvalue weighted by Crippen LogP contribution is 2.32. The van der Waals surface area contributed by atoms with Crippen LogP contribution >= 0.6 is 15.9 Å². The first-order chi connectivity index (χ1) is 9.66. The van der Waals surface area contributed by atoms with E-state index in [1.165, 1.54) is 0 Å². The molecule has 0 fully saturated rings. The molecule has 21 heavy (non-hydrogen) atoms. The molecule has 0 bridgehead atoms. The van der Waals surface area contributed by atoms with Gasteiger partial charge in [-0.3, -0.25) is 4.79 Å². The Hall–Kier alpha value is -1.25. The molecule has 118 valence electrons. The van der Waals surface area contributed by atoms with Crippen LogP contribution in [-0.2, 0) is 6.18 Å². The zero-order chi connectivity index (χ0) is 16.2. The molecule has 0 aliphatic heterocycles. The molecule has 0 spiro atoms. The van der Waals surface area contributed by atoms with Gasteiger partial charge < -0.3 is 4.90 Å². The van der Waals surface area contributed by atoms with Crippen molar-refractivity contribution in [1.29, 1.82) is 0 Å². The molecule has 1 amide bonds. The highest BCUT2D eigenvalue weighted by Gasteiger charge is 2.35. The van der Waals surface area contributed by atoms with Crippen LogP contribution in [-0.4, -0.2) is 35.7 Å². The fraction of sp³-hybridized carbons (Fsp3) is 0.417. The molecule has 9 heteroatoms. The summed E-state index contributed by atoms with van der Waals surface area (Å²) in [5.41, 5.74) is -2.10. The van der Waals surface area contributed by atoms with E-state index in [2.05, 4.69) is 15.9 Å². The summed E-state index contributed by atoms with van der Waals surface area (Å²) in [6.45, 7) is -1.02. The Morgan fingerprint density at radius 2 is 1.90 bits per heavy atom. The molecule has 2 nitrogen and oxygen atoms in total. The van der Waals surface area contributed by atoms with Crippen molar-refractivity contribution in [3.8, 4) is 0 Å². The van der Waals surface area contributed by atoms with E-state index in [9.17, 15) is 31.1 Å². The molecule has 0 saturated carbocycles. The molecule has 1 aromatic carbocycles. The SMILES string of the molecule is O=C(c1ccc(F)c(C(F)(F)F)c1)N(CCBr)CC(F)F. The van der Waals surface area contributed by atoms with Gasteiger partial charge in [0, 0.05) is 17.4 Å². The number of carbonyl (C=O) groups excluding carboxylic acids is 1. The molecule has 0 aromatic heterocycles. The molecule has 0 saturated heterocycles. The molecule has 1 aromatic rings. The second-order valence-corrected chi connectivity index (χ2v) is 4.82. The van der Waals surface area contributed by atoms with E-state index in [0.717, 1.165) is 6.07 Å². The van der Waals surface area contributed by atoms with Gasteiger partial charge in [0.1, 0.15) is 5.82 Å². The van der Waals surface area contributed by atoms with Crippen molar-refractivity contribution < 1.29 is 31.1 Å². The molecule has 0 N–H and O–H groups in total. The van der Waals surface area contributed by atoms with Crippen molar-refractivity contribution >= 4 is 21.8 Å². The van der Waals surface area contributed by atoms with Gasteiger partial charge in [-0.15, -0.1) is 0 Å². The fourth-order valence-corrected chi connectivity index (χ4v) is 2.03. The van der Waals surface area contributed by atoms with Gasteiger partial charge in [0.15, 0.2) is 0 Å². The maximum atomic E-state index is 13.1. The van der Waals surface area contributed by atoms with Crippen LogP contribution < -0.4 is 0 Å². The number of halogens is 7. The Morgan fingerprint density at radius 1 is 1.29 bits per heavy atom. The molecule has 0 radical (unpaired) electrons. The number of carbonyl (C=O) groups is 1. The summed E-state index contributed by atoms with van der Waals surface area (Å²) < 4.78 is 75.5. The standard InChI is InChI=1S/C12H10BrF6NO/c13-3-4-20(6-10(15)16)11(21)7-1-2-9(14)8(5-7)12(17,18)19/h1-2,5,10H,3-4,6H2. The van der Waals surface area contributed by atoms with Crippen molar-refractivity contribution in [3.63, 3.8) is 0 Å². The third-order valence-electron chi connectivity index (χ3n) is 2.52. The van der Waals surface area contributed by atoms with Crippen molar-refractivity contribution in [1.82, 2.24) is 4.90 Å². The van der Waals surface area contributed by atoms with Crippen LogP contribution in [0.1, 0.15) is 15.9 Å². The molecular formula is C12H10BrF6NO. The first kappa shape index (κ1) is 17.8. The molecule has 0 aliphatic rings. The highest BCUT2D eigenvalue weighted by molar-refractivity contribution is 9.09. The normalized spacial score (nSPS) is 11.8. The third-order valence-corrected chi connectivity index (χ3v) is 2.87. The van der Waals surface area contributed by atoms with Gasteiger partial charge in [0.25, 0.3) is 12.3 Å². The Bertz CT molecular complexity index is 505. The van der Waals surface area contributed by atoms with Crippen LogP contribution in [0, 0.1) is 5.82 Å². The van der Waals surface area contributed by atoms with Crippen LogP contribution in [0.3, 0.4) is 0 Å². The Labute approximate surface area is 124 Å². The van der Waals surface area contributed by atoms with Crippen LogP contribution in [0.15, 0.2) is 18.2 Å². The van der Waals surface area contributed by atoms with Crippen LogP contribution in [0.5, 0.6) is 0 Å². The second kappa shape index (κ2) is 7.15. The van der Waals surface area contributed by atoms with E-state index in [4.69, 9.17) is 0 Å². The first-order valence-corrected chi connectivity index (χ1v) is 6.79. The summed E-state index contributed by atoms with van der Waals surface area (Å²) in [6.07, 6.45) is -7.79. The van der Waals surface area contributed by atoms with Gasteiger partial charge >= 0.3 is 6.18 Å². The lowest BCUT2D eigenvalue weighted by Gasteiger charge is -2.21. The molecule has 1 rings (SSSR count). The largest absolute Gasteiger partial charge is 0.419 e. The predicted octanol–water partition coefficient (Wildman–Crippen LogP) is 3.95. The minimum Gasteiger partial charge on any atom is -0.332 e. The first-order valence-electron chi connectivity index (χ1n) is 5.67. The average Bonchev–Trinajstić information content (AvgIpc) is 2.36. The van der Waals surface area contributed by atoms with E-state index in [1.54, 1.807) is 0 Å². The number of alkyl halides is 6. The van der Waals surface area contributed by atoms with Crippen molar-refractivity contribution in [3.05, 3.63) is 35.1 Å². The van der Waals surface area contributed by atoms with Crippen LogP contribution in [0.2, 0.25) is 0 Å². The highest BCUT2D eigenvalue weighted by atomic mass is 79.9. The molecule has 0 heterocycles. The van der Waals surface area contributed by atoms with Gasteiger partial charge in [-0.1, -0.05) is 15.9 Å². The summed E-state index contributed by atoms with van der Waals surface area (Å²) in [5.74, 6) is -2.54. The topological polar surface area (TPSA) is 20.3 Å². The summed E-state index contributed by atoms with van der Waals surface area (Å²) in [4.78, 5) is 12.6. The zero-order valence-corrected chi connectivity index (χ0v) is 12.0. The maximum Gasteiger partial charge on any atom is 0.419 e. The van der Waals surface area contributed by atoms with Gasteiger partial charge in [0.2, 0.25) is 0 Å². The summed E-state index contributed by atoms with van der Waals surface area (Å²) in [5, 5.41) is 0.179. The number of hydrogen-bond acceptors (Lipinski definition) is 1. The van der Waals surface area contributed by atoms with Crippen molar-refractivity contribution in [2.45, 2.75) is 12.6 Å². The Balaban J connectivity index is 3.11. The van der Waals surface area contributed by atoms with Crippen molar-refractivity contribution in [2.24, 2.45) is 0 Å². The summed E-state index contributed by atoms with van der Waals surface area (Å²) >= 11 is 2.96. The molecular weight excluding hydrogens is 368 g/mol. The quantitative estimate of drug-likeness (QED) is 0.562. The maximum absolute atomic E-state index is 13.1. The molecule has 0 atom stereocenters. The Kier molecular flexibility index (Phi) is 6.06. The lowest BCUT2D eigenvalue weighted by Crippen LogP contribution is -2.36. The van der Waals surface area contributed by atoms with E-state index < -0.39 is 42.0 Å². The lowest BCUT2D eigenvalue weighted by molar-refractivity contribution is -0.140. The lowest BCUT2D eigenvalue weighted by atomic mass is 10.1. The van der Waals surface area contributed by atoms with E-state index >= 15 is 0 Å². The zero-order valence-electron chi connectivity index (χ0n) is 10.4. The minimum absolute atomic E-state index is 0.109. The Morgan fingerprint density at radius 3 is 2.38 bits per heavy atom. The van der Waals surface area contributed by atoms with Gasteiger partial charge in [0.05, 0.1) is 12.1 Å². The summed E-state index contributed by atoms with van der Waals surface area (Å²) in [7, 11) is 0. The number of nitrogens with zero attached hydrogens (tertiary/aromatic N) is 1. The number of benzene rings is 1. The number of amides is 1. The van der Waals surface area contributed by atoms with Gasteiger partial charge in [-0.05, 0) is 18.2 Å². The van der Waals surface area contributed by atoms with Gasteiger partial charge in [-0.25, -0.2) is 13.2 Å². The average molecular weight is 378 g/mol. The van der Waals surface area contributed by atoms with E-state index in [-0.39, 0.29) is 11.9 Å². The predicted molar refractivity (Wildman–Crippen MR) is 67.1 cm³/mol. The van der Waals surface area contributed by atoms with Crippen molar-refractivity contribution in [2.75, 3.05) is 18.4 Å². The number of rotatable bonds is 5. The van der Waals surface area contributed by atoms with E-state index in [0.29, 0.717) is 17.0 Å². The molecule has 0 unspecified atom stereocenters. The van der Waals surface area contributed by atoms with Crippen LogP contribution in [0.4, 0.5) is 26.3 Å². The fourth-order valence-electron chi connectivity index (χ4n) is 1.60. The van der Waals surface area contributed by atoms with Gasteiger partial charge in [-0.2, -0.15) is 13.2 Å². The smallest absolute Gasteiger partial charge is 0.332 e. The summed E-state index contributed by atoms with van der Waals surface area (Å²) in [6, 6.07) is 1.65. The van der Waals surface area contributed by atoms with E-state index in [1.807, 2.05) is 0 Å².